The molecule has 78 heavy (non-hydrogen) atoms. The molecule has 0 radical (unpaired) electrons. The molecule has 0 aromatic carbocycles. The summed E-state index contributed by atoms with van der Waals surface area (Å²) >= 11 is 0. The monoisotopic (exact) mass is 1080 g/mol. The summed E-state index contributed by atoms with van der Waals surface area (Å²) < 4.78 is 22.8. The Kier molecular flexibility index (Phi) is 54.7. The lowest BCUT2D eigenvalue weighted by Crippen LogP contribution is -2.40. The smallest absolute Gasteiger partial charge is 0.361 e. The molecule has 0 rings (SSSR count). The van der Waals surface area contributed by atoms with E-state index >= 15 is 0 Å². The number of hydrogen-bond donors (Lipinski definition) is 1. The molecule has 440 valence electrons. The number of unbranched alkanes of at least 4 members (excludes halogenated alkanes) is 15. The molecule has 0 aromatic heterocycles. The number of carbonyl (C=O) groups excluding carboxylic acids is 2. The molecular formula is C69H112NO8+. The van der Waals surface area contributed by atoms with Crippen LogP contribution in [0, 0.1) is 0 Å². The first kappa shape index (κ1) is 73.2. The average Bonchev–Trinajstić information content (AvgIpc) is 3.41. The second kappa shape index (κ2) is 58.3. The van der Waals surface area contributed by atoms with E-state index in [1.54, 1.807) is 0 Å². The first-order chi connectivity index (χ1) is 38.1. The van der Waals surface area contributed by atoms with Gasteiger partial charge in [-0.15, -0.1) is 0 Å². The van der Waals surface area contributed by atoms with Gasteiger partial charge in [0.25, 0.3) is 6.29 Å². The molecule has 0 amide bonds. The van der Waals surface area contributed by atoms with Crippen LogP contribution in [0.5, 0.6) is 0 Å². The van der Waals surface area contributed by atoms with Crippen molar-refractivity contribution in [2.45, 2.75) is 225 Å². The number of aliphatic carboxylic acids is 1. The summed E-state index contributed by atoms with van der Waals surface area (Å²) in [6, 6.07) is 0. The van der Waals surface area contributed by atoms with Crippen LogP contribution in [0.15, 0.2) is 146 Å². The predicted molar refractivity (Wildman–Crippen MR) is 331 cm³/mol. The zero-order chi connectivity index (χ0) is 56.9. The Morgan fingerprint density at radius 1 is 0.397 bits per heavy atom. The van der Waals surface area contributed by atoms with Gasteiger partial charge in [0.2, 0.25) is 0 Å². The Morgan fingerprint density at radius 2 is 0.731 bits per heavy atom. The van der Waals surface area contributed by atoms with E-state index in [0.717, 1.165) is 141 Å². The fourth-order valence-corrected chi connectivity index (χ4v) is 7.64. The van der Waals surface area contributed by atoms with Crippen molar-refractivity contribution >= 4 is 17.9 Å². The zero-order valence-electron chi connectivity index (χ0n) is 50.0. The quantitative estimate of drug-likeness (QED) is 0.0211. The summed E-state index contributed by atoms with van der Waals surface area (Å²) in [7, 11) is 5.95. The van der Waals surface area contributed by atoms with Gasteiger partial charge in [-0.2, -0.15) is 0 Å². The number of nitrogens with zero attached hydrogens (tertiary/aromatic N) is 1. The highest BCUT2D eigenvalue weighted by Gasteiger charge is 2.25. The van der Waals surface area contributed by atoms with Crippen LogP contribution in [0.3, 0.4) is 0 Å². The third-order valence-electron chi connectivity index (χ3n) is 12.3. The summed E-state index contributed by atoms with van der Waals surface area (Å²) in [5.41, 5.74) is 0. The molecule has 0 spiro atoms. The number of carbonyl (C=O) groups is 3. The van der Waals surface area contributed by atoms with E-state index < -0.39 is 24.3 Å². The van der Waals surface area contributed by atoms with Gasteiger partial charge in [0.1, 0.15) is 13.2 Å². The van der Waals surface area contributed by atoms with E-state index in [4.69, 9.17) is 18.9 Å². The minimum absolute atomic E-state index is 0.176. The first-order valence-corrected chi connectivity index (χ1v) is 30.5. The van der Waals surface area contributed by atoms with Crippen LogP contribution >= 0.6 is 0 Å². The van der Waals surface area contributed by atoms with Crippen molar-refractivity contribution in [1.29, 1.82) is 0 Å². The largest absolute Gasteiger partial charge is 0.477 e. The molecule has 2 atom stereocenters. The van der Waals surface area contributed by atoms with Crippen LogP contribution in [0.4, 0.5) is 0 Å². The normalized spacial score (nSPS) is 13.8. The van der Waals surface area contributed by atoms with E-state index in [2.05, 4.69) is 160 Å². The summed E-state index contributed by atoms with van der Waals surface area (Å²) in [5, 5.41) is 9.69. The Hall–Kier alpha value is -4.83. The van der Waals surface area contributed by atoms with Gasteiger partial charge in [-0.1, -0.05) is 230 Å². The van der Waals surface area contributed by atoms with Gasteiger partial charge in [-0.25, -0.2) is 4.79 Å². The van der Waals surface area contributed by atoms with Crippen LogP contribution in [0.1, 0.15) is 213 Å². The van der Waals surface area contributed by atoms with Crippen molar-refractivity contribution in [1.82, 2.24) is 0 Å². The molecule has 0 aliphatic rings. The minimum atomic E-state index is -1.52. The lowest BCUT2D eigenvalue weighted by Gasteiger charge is -2.25. The highest BCUT2D eigenvalue weighted by molar-refractivity contribution is 5.71. The maximum Gasteiger partial charge on any atom is 0.361 e. The van der Waals surface area contributed by atoms with Crippen LogP contribution in [0.25, 0.3) is 0 Å². The molecule has 0 bridgehead atoms. The van der Waals surface area contributed by atoms with Crippen molar-refractivity contribution in [3.63, 3.8) is 0 Å². The van der Waals surface area contributed by atoms with Gasteiger partial charge in [-0.05, 0) is 116 Å². The zero-order valence-corrected chi connectivity index (χ0v) is 50.0. The number of allylic oxidation sites excluding steroid dienone is 24. The standard InChI is InChI=1S/C69H111NO8/c1-6-8-10-12-14-16-18-20-22-23-24-25-26-27-28-29-30-31-32-33-34-35-36-37-38-39-40-41-42-43-44-45-46-48-50-52-54-56-58-60-67(72)78-65(64-77-69(68(73)74)75-62-61-70(3,4)5)63-76-66(71)59-57-55-53-51-49-47-21-19-17-15-13-11-9-7-2/h8,10,13-16,19-22,24-25,27-28,30-31,33-34,36-37,39-40,42-43,65,69H,6-7,9,11-12,17-18,23,26,29,32,35,38,41,44-64H2,1-5H3/p+1/b10-8-,15-13-,16-14-,21-19-,22-20-,25-24-,28-27-,31-30-,34-33-,37-36-,40-39-,43-42-. The van der Waals surface area contributed by atoms with Crippen molar-refractivity contribution < 1.29 is 42.9 Å². The van der Waals surface area contributed by atoms with Crippen molar-refractivity contribution in [2.75, 3.05) is 47.5 Å². The van der Waals surface area contributed by atoms with Crippen LogP contribution in [-0.2, 0) is 33.3 Å². The molecule has 0 heterocycles. The van der Waals surface area contributed by atoms with Gasteiger partial charge < -0.3 is 28.5 Å². The Bertz CT molecular complexity index is 1780. The van der Waals surface area contributed by atoms with Crippen molar-refractivity contribution in [3.8, 4) is 0 Å². The maximum absolute atomic E-state index is 12.9. The van der Waals surface area contributed by atoms with E-state index in [9.17, 15) is 19.5 Å². The summed E-state index contributed by atoms with van der Waals surface area (Å²) in [6.45, 7) is 4.67. The third-order valence-corrected chi connectivity index (χ3v) is 12.3. The predicted octanol–water partition coefficient (Wildman–Crippen LogP) is 18.4. The van der Waals surface area contributed by atoms with Crippen LogP contribution in [-0.4, -0.2) is 87.4 Å². The number of ether oxygens (including phenoxy) is 4. The van der Waals surface area contributed by atoms with E-state index in [-0.39, 0.29) is 38.6 Å². The van der Waals surface area contributed by atoms with E-state index in [0.29, 0.717) is 17.4 Å². The molecule has 0 aliphatic carbocycles. The lowest BCUT2D eigenvalue weighted by atomic mass is 10.1. The second-order valence-electron chi connectivity index (χ2n) is 20.9. The van der Waals surface area contributed by atoms with Gasteiger partial charge in [0.05, 0.1) is 34.4 Å². The molecule has 9 heteroatoms. The molecule has 2 unspecified atom stereocenters. The SMILES string of the molecule is CC/C=C\C/C=C\C/C=C\C/C=C\C/C=C\C/C=C\C/C=C\C/C=C\C/C=C\C/C=C\CCCCCCCCCCC(=O)OC(COC(=O)CCCCCCC/C=C\C/C=C\CCCC)COC(OCC[N+](C)(C)C)C(=O)O. The second-order valence-corrected chi connectivity index (χ2v) is 20.9. The molecule has 0 aromatic rings. The van der Waals surface area contributed by atoms with Gasteiger partial charge in [-0.3, -0.25) is 9.59 Å². The number of carboxylic acids is 1. The lowest BCUT2D eigenvalue weighted by molar-refractivity contribution is -0.870. The van der Waals surface area contributed by atoms with Crippen LogP contribution in [0.2, 0.25) is 0 Å². The Morgan fingerprint density at radius 3 is 1.09 bits per heavy atom. The number of likely N-dealkylation sites (N-methyl/N-ethyl adjacent to an activating group) is 1. The van der Waals surface area contributed by atoms with Crippen LogP contribution < -0.4 is 0 Å². The number of rotatable bonds is 54. The minimum Gasteiger partial charge on any atom is -0.477 e. The highest BCUT2D eigenvalue weighted by Crippen LogP contribution is 2.14. The molecule has 0 fully saturated rings. The fourth-order valence-electron chi connectivity index (χ4n) is 7.64. The average molecular weight is 1080 g/mol. The highest BCUT2D eigenvalue weighted by atomic mass is 16.7. The summed E-state index contributed by atoms with van der Waals surface area (Å²) in [6.07, 6.45) is 82.2. The number of esters is 2. The Labute approximate surface area is 477 Å². The molecular weight excluding hydrogens is 971 g/mol. The van der Waals surface area contributed by atoms with Gasteiger partial charge in [0, 0.05) is 12.8 Å². The summed E-state index contributed by atoms with van der Waals surface area (Å²) in [4.78, 5) is 37.4. The topological polar surface area (TPSA) is 108 Å². The van der Waals surface area contributed by atoms with Crippen molar-refractivity contribution in [2.24, 2.45) is 0 Å². The van der Waals surface area contributed by atoms with E-state index in [1.165, 1.54) is 38.5 Å². The fraction of sp³-hybridized carbons (Fsp3) is 0.609. The molecule has 0 aliphatic heterocycles. The summed E-state index contributed by atoms with van der Waals surface area (Å²) in [5.74, 6) is -2.05. The van der Waals surface area contributed by atoms with Gasteiger partial charge >= 0.3 is 17.9 Å². The maximum atomic E-state index is 12.9. The Balaban J connectivity index is 4.20. The number of hydrogen-bond acceptors (Lipinski definition) is 7. The third kappa shape index (κ3) is 58.8. The molecule has 0 saturated heterocycles. The molecule has 1 N–H and O–H groups in total. The molecule has 0 saturated carbocycles. The number of quaternary nitrogens is 1. The molecule has 9 nitrogen and oxygen atoms in total. The first-order valence-electron chi connectivity index (χ1n) is 30.5. The van der Waals surface area contributed by atoms with E-state index in [1.807, 2.05) is 21.1 Å². The number of carboxylic acid groups (broad SMARTS) is 1. The van der Waals surface area contributed by atoms with Crippen molar-refractivity contribution in [3.05, 3.63) is 146 Å². The van der Waals surface area contributed by atoms with Gasteiger partial charge in [0.15, 0.2) is 6.10 Å².